The highest BCUT2D eigenvalue weighted by atomic mass is 19.4. The zero-order valence-corrected chi connectivity index (χ0v) is 12.1. The summed E-state index contributed by atoms with van der Waals surface area (Å²) in [5.74, 6) is -1.75. The van der Waals surface area contributed by atoms with Gasteiger partial charge in [-0.2, -0.15) is 13.2 Å². The Morgan fingerprint density at radius 2 is 2.00 bits per heavy atom. The number of hydrogen-bond acceptors (Lipinski definition) is 3. The SMILES string of the molecule is O=C(O)C(F)(F)F.c1cncc(CC2CC3CCN2CC3)c1. The molecule has 1 atom stereocenters. The summed E-state index contributed by atoms with van der Waals surface area (Å²) < 4.78 is 31.7. The lowest BCUT2D eigenvalue weighted by atomic mass is 9.81. The van der Waals surface area contributed by atoms with E-state index in [9.17, 15) is 13.2 Å². The maximum absolute atomic E-state index is 10.6. The van der Waals surface area contributed by atoms with Gasteiger partial charge in [-0.1, -0.05) is 6.07 Å². The first-order valence-corrected chi connectivity index (χ1v) is 7.29. The van der Waals surface area contributed by atoms with Crippen molar-refractivity contribution < 1.29 is 23.1 Å². The minimum absolute atomic E-state index is 0.793. The lowest BCUT2D eigenvalue weighted by Gasteiger charge is -2.45. The molecule has 4 heterocycles. The van der Waals surface area contributed by atoms with E-state index in [2.05, 4.69) is 16.0 Å². The lowest BCUT2D eigenvalue weighted by Crippen LogP contribution is -2.49. The lowest BCUT2D eigenvalue weighted by molar-refractivity contribution is -0.192. The van der Waals surface area contributed by atoms with Crippen LogP contribution in [0.2, 0.25) is 0 Å². The second kappa shape index (κ2) is 7.09. The number of alkyl halides is 3. The summed E-state index contributed by atoms with van der Waals surface area (Å²) in [7, 11) is 0. The predicted molar refractivity (Wildman–Crippen MR) is 74.3 cm³/mol. The molecular formula is C15H19F3N2O2. The maximum Gasteiger partial charge on any atom is 0.490 e. The monoisotopic (exact) mass is 316 g/mol. The van der Waals surface area contributed by atoms with E-state index in [1.165, 1.54) is 44.3 Å². The van der Waals surface area contributed by atoms with Crippen LogP contribution in [0.1, 0.15) is 24.8 Å². The van der Waals surface area contributed by atoms with Crippen molar-refractivity contribution in [2.45, 2.75) is 37.9 Å². The molecule has 3 aliphatic heterocycles. The second-order valence-corrected chi connectivity index (χ2v) is 5.74. The van der Waals surface area contributed by atoms with Crippen LogP contribution in [0.15, 0.2) is 24.5 Å². The Morgan fingerprint density at radius 1 is 1.36 bits per heavy atom. The van der Waals surface area contributed by atoms with Crippen molar-refractivity contribution in [2.75, 3.05) is 13.1 Å². The molecule has 122 valence electrons. The van der Waals surface area contributed by atoms with Crippen molar-refractivity contribution in [3.05, 3.63) is 30.1 Å². The van der Waals surface area contributed by atoms with Gasteiger partial charge in [-0.15, -0.1) is 0 Å². The highest BCUT2D eigenvalue weighted by Gasteiger charge is 2.38. The summed E-state index contributed by atoms with van der Waals surface area (Å²) in [5, 5.41) is 7.12. The molecular weight excluding hydrogens is 297 g/mol. The molecule has 1 unspecified atom stereocenters. The third-order valence-corrected chi connectivity index (χ3v) is 4.21. The number of piperidine rings is 3. The van der Waals surface area contributed by atoms with E-state index in [-0.39, 0.29) is 0 Å². The van der Waals surface area contributed by atoms with Gasteiger partial charge in [0.2, 0.25) is 0 Å². The zero-order valence-electron chi connectivity index (χ0n) is 12.1. The van der Waals surface area contributed by atoms with E-state index in [1.807, 2.05) is 18.5 Å². The molecule has 0 spiro atoms. The highest BCUT2D eigenvalue weighted by Crippen LogP contribution is 2.33. The number of pyridine rings is 1. The van der Waals surface area contributed by atoms with Gasteiger partial charge < -0.3 is 10.0 Å². The third-order valence-electron chi connectivity index (χ3n) is 4.21. The number of carboxylic acid groups (broad SMARTS) is 1. The van der Waals surface area contributed by atoms with Gasteiger partial charge in [0.25, 0.3) is 0 Å². The predicted octanol–water partition coefficient (Wildman–Crippen LogP) is 2.74. The van der Waals surface area contributed by atoms with Crippen LogP contribution in [0, 0.1) is 5.92 Å². The van der Waals surface area contributed by atoms with Gasteiger partial charge in [0.15, 0.2) is 0 Å². The van der Waals surface area contributed by atoms with Crippen LogP contribution in [0.5, 0.6) is 0 Å². The van der Waals surface area contributed by atoms with Gasteiger partial charge in [-0.3, -0.25) is 4.98 Å². The van der Waals surface area contributed by atoms with Crippen molar-refractivity contribution in [2.24, 2.45) is 5.92 Å². The summed E-state index contributed by atoms with van der Waals surface area (Å²) in [5.41, 5.74) is 1.40. The Morgan fingerprint density at radius 3 is 2.41 bits per heavy atom. The minimum Gasteiger partial charge on any atom is -0.475 e. The number of rotatable bonds is 2. The van der Waals surface area contributed by atoms with Crippen molar-refractivity contribution in [1.82, 2.24) is 9.88 Å². The molecule has 0 saturated carbocycles. The Kier molecular flexibility index (Phi) is 5.39. The number of aliphatic carboxylic acids is 1. The molecule has 0 radical (unpaired) electrons. The summed E-state index contributed by atoms with van der Waals surface area (Å²) in [6, 6.07) is 5.05. The van der Waals surface area contributed by atoms with Gasteiger partial charge >= 0.3 is 12.1 Å². The first kappa shape index (κ1) is 16.7. The summed E-state index contributed by atoms with van der Waals surface area (Å²) in [6.07, 6.45) is 4.27. The zero-order chi connectivity index (χ0) is 16.2. The van der Waals surface area contributed by atoms with Gasteiger partial charge in [0.1, 0.15) is 0 Å². The molecule has 0 amide bonds. The molecule has 4 nitrogen and oxygen atoms in total. The molecule has 3 fully saturated rings. The largest absolute Gasteiger partial charge is 0.490 e. The highest BCUT2D eigenvalue weighted by molar-refractivity contribution is 5.73. The van der Waals surface area contributed by atoms with Gasteiger partial charge in [-0.05, 0) is 56.3 Å². The minimum atomic E-state index is -5.08. The van der Waals surface area contributed by atoms with E-state index in [4.69, 9.17) is 9.90 Å². The molecule has 3 aliphatic rings. The first-order valence-electron chi connectivity index (χ1n) is 7.29. The maximum atomic E-state index is 10.6. The molecule has 1 aromatic heterocycles. The summed E-state index contributed by atoms with van der Waals surface area (Å²) in [6.45, 7) is 2.66. The number of carboxylic acids is 1. The number of halogens is 3. The van der Waals surface area contributed by atoms with Crippen LogP contribution in [0.3, 0.4) is 0 Å². The van der Waals surface area contributed by atoms with E-state index in [0.29, 0.717) is 0 Å². The summed E-state index contributed by atoms with van der Waals surface area (Å²) in [4.78, 5) is 15.8. The molecule has 4 rings (SSSR count). The third kappa shape index (κ3) is 4.69. The van der Waals surface area contributed by atoms with Crippen molar-refractivity contribution >= 4 is 5.97 Å². The molecule has 0 aromatic carbocycles. The van der Waals surface area contributed by atoms with Crippen LogP contribution in [-0.4, -0.2) is 46.3 Å². The topological polar surface area (TPSA) is 53.4 Å². The van der Waals surface area contributed by atoms with Crippen molar-refractivity contribution in [3.63, 3.8) is 0 Å². The van der Waals surface area contributed by atoms with E-state index >= 15 is 0 Å². The van der Waals surface area contributed by atoms with Gasteiger partial charge in [-0.25, -0.2) is 4.79 Å². The number of hydrogen-bond donors (Lipinski definition) is 1. The molecule has 1 N–H and O–H groups in total. The van der Waals surface area contributed by atoms with Crippen LogP contribution >= 0.6 is 0 Å². The van der Waals surface area contributed by atoms with E-state index in [1.54, 1.807) is 0 Å². The van der Waals surface area contributed by atoms with Crippen LogP contribution in [0.25, 0.3) is 0 Å². The molecule has 2 bridgehead atoms. The number of nitrogens with zero attached hydrogens (tertiary/aromatic N) is 2. The van der Waals surface area contributed by atoms with Crippen molar-refractivity contribution in [1.29, 1.82) is 0 Å². The number of carbonyl (C=O) groups is 1. The van der Waals surface area contributed by atoms with Crippen LogP contribution < -0.4 is 0 Å². The standard InChI is InChI=1S/C13H18N2.C2HF3O2/c1-2-12(10-14-5-1)9-13-8-11-3-6-15(13)7-4-11;3-2(4,5)1(6)7/h1-2,5,10-11,13H,3-4,6-9H2;(H,6,7). The Labute approximate surface area is 127 Å². The molecule has 0 aliphatic carbocycles. The van der Waals surface area contributed by atoms with Gasteiger partial charge in [0, 0.05) is 18.4 Å². The Balaban J connectivity index is 0.000000217. The summed E-state index contributed by atoms with van der Waals surface area (Å²) >= 11 is 0. The van der Waals surface area contributed by atoms with Crippen molar-refractivity contribution in [3.8, 4) is 0 Å². The molecule has 7 heteroatoms. The fraction of sp³-hybridized carbons (Fsp3) is 0.600. The molecule has 3 saturated heterocycles. The molecule has 22 heavy (non-hydrogen) atoms. The number of aromatic nitrogens is 1. The Bertz CT molecular complexity index is 485. The van der Waals surface area contributed by atoms with Crippen LogP contribution in [-0.2, 0) is 11.2 Å². The first-order chi connectivity index (χ1) is 10.4. The van der Waals surface area contributed by atoms with Crippen LogP contribution in [0.4, 0.5) is 13.2 Å². The quantitative estimate of drug-likeness (QED) is 0.911. The smallest absolute Gasteiger partial charge is 0.475 e. The fourth-order valence-corrected chi connectivity index (χ4v) is 3.09. The van der Waals surface area contributed by atoms with Gasteiger partial charge in [0.05, 0.1) is 0 Å². The van der Waals surface area contributed by atoms with E-state index in [0.717, 1.165) is 12.0 Å². The molecule has 1 aromatic rings. The van der Waals surface area contributed by atoms with E-state index < -0.39 is 12.1 Å². The normalized spacial score (nSPS) is 27.0. The second-order valence-electron chi connectivity index (χ2n) is 5.74. The fourth-order valence-electron chi connectivity index (χ4n) is 3.09. The average Bonchev–Trinajstić information content (AvgIpc) is 2.49. The average molecular weight is 316 g/mol. The Hall–Kier alpha value is -1.63. The number of fused-ring (bicyclic) bond motifs is 3.